The number of ether oxygens (including phenoxy) is 1. The van der Waals surface area contributed by atoms with Crippen LogP contribution < -0.4 is 4.74 Å². The Balaban J connectivity index is 2.44. The number of carbonyl (C=O) groups excluding carboxylic acids is 1. The van der Waals surface area contributed by atoms with Crippen molar-refractivity contribution in [2.75, 3.05) is 0 Å². The van der Waals surface area contributed by atoms with Crippen LogP contribution in [0, 0.1) is 0 Å². The lowest BCUT2D eigenvalue weighted by atomic mass is 10.1. The maximum absolute atomic E-state index is 12.6. The van der Waals surface area contributed by atoms with Crippen LogP contribution in [0.1, 0.15) is 28.8 Å². The Morgan fingerprint density at radius 3 is 2.50 bits per heavy atom. The van der Waals surface area contributed by atoms with Crippen LogP contribution in [0.3, 0.4) is 0 Å². The van der Waals surface area contributed by atoms with Gasteiger partial charge in [-0.15, -0.1) is 0 Å². The zero-order valence-electron chi connectivity index (χ0n) is 8.25. The summed E-state index contributed by atoms with van der Waals surface area (Å²) in [6, 6.07) is 3.44. The highest BCUT2D eigenvalue weighted by atomic mass is 19.4. The van der Waals surface area contributed by atoms with Crippen molar-refractivity contribution in [1.29, 1.82) is 0 Å². The first-order chi connectivity index (χ1) is 7.52. The van der Waals surface area contributed by atoms with Crippen molar-refractivity contribution in [3.8, 4) is 5.75 Å². The molecule has 0 saturated heterocycles. The van der Waals surface area contributed by atoms with Gasteiger partial charge in [-0.3, -0.25) is 4.79 Å². The number of benzene rings is 1. The van der Waals surface area contributed by atoms with E-state index in [0.29, 0.717) is 6.29 Å². The summed E-state index contributed by atoms with van der Waals surface area (Å²) in [5.41, 5.74) is -0.939. The van der Waals surface area contributed by atoms with Crippen LogP contribution in [0.5, 0.6) is 5.75 Å². The summed E-state index contributed by atoms with van der Waals surface area (Å²) in [6.07, 6.45) is -2.81. The third-order valence-electron chi connectivity index (χ3n) is 2.29. The minimum Gasteiger partial charge on any atom is -0.489 e. The lowest BCUT2D eigenvalue weighted by molar-refractivity contribution is -0.139. The molecule has 0 aromatic heterocycles. The Morgan fingerprint density at radius 1 is 1.31 bits per heavy atom. The van der Waals surface area contributed by atoms with Crippen molar-refractivity contribution in [3.63, 3.8) is 0 Å². The van der Waals surface area contributed by atoms with Gasteiger partial charge in [-0.05, 0) is 25.0 Å². The number of hydrogen-bond acceptors (Lipinski definition) is 2. The smallest absolute Gasteiger partial charge is 0.419 e. The molecule has 0 radical (unpaired) electrons. The Bertz CT molecular complexity index is 408. The lowest BCUT2D eigenvalue weighted by Gasteiger charge is -2.14. The summed E-state index contributed by atoms with van der Waals surface area (Å²) in [5, 5.41) is 0. The minimum absolute atomic E-state index is 0.0540. The zero-order chi connectivity index (χ0) is 11.8. The fraction of sp³-hybridized carbons (Fsp3) is 0.364. The van der Waals surface area contributed by atoms with E-state index in [1.54, 1.807) is 0 Å². The molecule has 1 aromatic rings. The summed E-state index contributed by atoms with van der Waals surface area (Å²) in [5.74, 6) is -0.340. The molecule has 5 heteroatoms. The molecule has 0 unspecified atom stereocenters. The maximum atomic E-state index is 12.6. The van der Waals surface area contributed by atoms with Crippen molar-refractivity contribution in [2.45, 2.75) is 25.1 Å². The fourth-order valence-corrected chi connectivity index (χ4v) is 1.35. The number of rotatable bonds is 3. The molecule has 0 amide bonds. The van der Waals surface area contributed by atoms with E-state index in [2.05, 4.69) is 0 Å². The second-order valence-electron chi connectivity index (χ2n) is 3.66. The van der Waals surface area contributed by atoms with E-state index in [-0.39, 0.29) is 17.4 Å². The predicted octanol–water partition coefficient (Wildman–Crippen LogP) is 3.06. The van der Waals surface area contributed by atoms with Gasteiger partial charge in [0.2, 0.25) is 0 Å². The molecule has 0 bridgehead atoms. The van der Waals surface area contributed by atoms with E-state index < -0.39 is 11.7 Å². The largest absolute Gasteiger partial charge is 0.489 e. The van der Waals surface area contributed by atoms with Gasteiger partial charge in [-0.1, -0.05) is 6.07 Å². The molecule has 0 N–H and O–H groups in total. The number of halogens is 3. The fourth-order valence-electron chi connectivity index (χ4n) is 1.35. The number of para-hydroxylation sites is 1. The van der Waals surface area contributed by atoms with Gasteiger partial charge in [0.15, 0.2) is 6.29 Å². The molecular formula is C11H9F3O2. The van der Waals surface area contributed by atoms with Crippen LogP contribution in [0.4, 0.5) is 13.2 Å². The van der Waals surface area contributed by atoms with Crippen molar-refractivity contribution < 1.29 is 22.7 Å². The minimum atomic E-state index is -4.50. The van der Waals surface area contributed by atoms with Crippen LogP contribution >= 0.6 is 0 Å². The highest BCUT2D eigenvalue weighted by Gasteiger charge is 2.37. The van der Waals surface area contributed by atoms with Gasteiger partial charge < -0.3 is 4.74 Å². The average Bonchev–Trinajstić information content (AvgIpc) is 3.00. The van der Waals surface area contributed by atoms with Crippen LogP contribution in [-0.4, -0.2) is 12.4 Å². The topological polar surface area (TPSA) is 26.3 Å². The first-order valence-corrected chi connectivity index (χ1v) is 4.84. The van der Waals surface area contributed by atoms with E-state index in [0.717, 1.165) is 18.9 Å². The SMILES string of the molecule is O=Cc1cccc(C(F)(F)F)c1OC1CC1. The molecular weight excluding hydrogens is 221 g/mol. The summed E-state index contributed by atoms with van der Waals surface area (Å²) >= 11 is 0. The monoisotopic (exact) mass is 230 g/mol. The maximum Gasteiger partial charge on any atom is 0.419 e. The standard InChI is InChI=1S/C11H9F3O2/c12-11(13,14)9-3-1-2-7(6-15)10(9)16-8-4-5-8/h1-3,6,8H,4-5H2. The predicted molar refractivity (Wildman–Crippen MR) is 50.5 cm³/mol. The number of aldehydes is 1. The summed E-state index contributed by atoms with van der Waals surface area (Å²) in [4.78, 5) is 10.7. The summed E-state index contributed by atoms with van der Waals surface area (Å²) in [6.45, 7) is 0. The van der Waals surface area contributed by atoms with Gasteiger partial charge >= 0.3 is 6.18 Å². The van der Waals surface area contributed by atoms with Gasteiger partial charge in [-0.25, -0.2) is 0 Å². The molecule has 0 spiro atoms. The lowest BCUT2D eigenvalue weighted by Crippen LogP contribution is -2.11. The summed E-state index contributed by atoms with van der Waals surface area (Å²) < 4.78 is 43.1. The molecule has 0 aliphatic heterocycles. The molecule has 16 heavy (non-hydrogen) atoms. The molecule has 0 heterocycles. The van der Waals surface area contributed by atoms with Crippen LogP contribution in [0.2, 0.25) is 0 Å². The molecule has 1 saturated carbocycles. The molecule has 0 atom stereocenters. The van der Waals surface area contributed by atoms with Gasteiger partial charge in [0.05, 0.1) is 17.2 Å². The Labute approximate surface area is 90.0 Å². The van der Waals surface area contributed by atoms with Crippen molar-refractivity contribution >= 4 is 6.29 Å². The highest BCUT2D eigenvalue weighted by Crippen LogP contribution is 2.40. The number of carbonyl (C=O) groups is 1. The van der Waals surface area contributed by atoms with Crippen LogP contribution in [-0.2, 0) is 6.18 Å². The number of alkyl halides is 3. The Kier molecular flexibility index (Phi) is 2.61. The Hall–Kier alpha value is -1.52. The normalized spacial score (nSPS) is 15.9. The highest BCUT2D eigenvalue weighted by molar-refractivity contribution is 5.80. The first kappa shape index (κ1) is 11.0. The molecule has 1 fully saturated rings. The molecule has 1 aliphatic carbocycles. The van der Waals surface area contributed by atoms with E-state index >= 15 is 0 Å². The van der Waals surface area contributed by atoms with Gasteiger partial charge in [0, 0.05) is 0 Å². The molecule has 1 aliphatic rings. The number of hydrogen-bond donors (Lipinski definition) is 0. The van der Waals surface area contributed by atoms with Crippen LogP contribution in [0.15, 0.2) is 18.2 Å². The first-order valence-electron chi connectivity index (χ1n) is 4.84. The van der Waals surface area contributed by atoms with E-state index in [4.69, 9.17) is 4.74 Å². The molecule has 1 aromatic carbocycles. The molecule has 86 valence electrons. The second-order valence-corrected chi connectivity index (χ2v) is 3.66. The van der Waals surface area contributed by atoms with Crippen molar-refractivity contribution in [1.82, 2.24) is 0 Å². The molecule has 2 nitrogen and oxygen atoms in total. The van der Waals surface area contributed by atoms with Gasteiger partial charge in [-0.2, -0.15) is 13.2 Å². The van der Waals surface area contributed by atoms with E-state index in [1.807, 2.05) is 0 Å². The third-order valence-corrected chi connectivity index (χ3v) is 2.29. The molecule has 2 rings (SSSR count). The van der Waals surface area contributed by atoms with Crippen molar-refractivity contribution in [2.24, 2.45) is 0 Å². The zero-order valence-corrected chi connectivity index (χ0v) is 8.25. The Morgan fingerprint density at radius 2 is 2.00 bits per heavy atom. The van der Waals surface area contributed by atoms with Crippen LogP contribution in [0.25, 0.3) is 0 Å². The second kappa shape index (κ2) is 3.81. The van der Waals surface area contributed by atoms with Crippen molar-refractivity contribution in [3.05, 3.63) is 29.3 Å². The van der Waals surface area contributed by atoms with E-state index in [9.17, 15) is 18.0 Å². The van der Waals surface area contributed by atoms with E-state index in [1.165, 1.54) is 12.1 Å². The van der Waals surface area contributed by atoms with Gasteiger partial charge in [0.1, 0.15) is 5.75 Å². The summed E-state index contributed by atoms with van der Waals surface area (Å²) in [7, 11) is 0. The van der Waals surface area contributed by atoms with Gasteiger partial charge in [0.25, 0.3) is 0 Å². The third kappa shape index (κ3) is 2.18. The average molecular weight is 230 g/mol. The quantitative estimate of drug-likeness (QED) is 0.746.